The Balaban J connectivity index is 2.28. The second-order valence-electron chi connectivity index (χ2n) is 3.09. The molecule has 82 valence electrons. The Labute approximate surface area is 99.5 Å². The molecule has 0 amide bonds. The van der Waals surface area contributed by atoms with Crippen molar-refractivity contribution in [2.75, 3.05) is 5.32 Å². The summed E-state index contributed by atoms with van der Waals surface area (Å²) in [5.41, 5.74) is 0.443. The predicted molar refractivity (Wildman–Crippen MR) is 61.6 cm³/mol. The molecule has 1 aromatic heterocycles. The van der Waals surface area contributed by atoms with Crippen LogP contribution in [-0.4, -0.2) is 4.98 Å². The second-order valence-corrected chi connectivity index (χ2v) is 3.94. The lowest BCUT2D eigenvalue weighted by Crippen LogP contribution is -1.95. The summed E-state index contributed by atoms with van der Waals surface area (Å²) in [5.74, 6) is -1.21. The van der Waals surface area contributed by atoms with Crippen molar-refractivity contribution in [1.29, 1.82) is 0 Å². The van der Waals surface area contributed by atoms with Crippen molar-refractivity contribution in [3.63, 3.8) is 0 Å². The van der Waals surface area contributed by atoms with E-state index < -0.39 is 11.6 Å². The lowest BCUT2D eigenvalue weighted by Gasteiger charge is -2.07. The number of nitrogens with one attached hydrogen (secondary N) is 1. The van der Waals surface area contributed by atoms with Crippen LogP contribution in [-0.2, 0) is 0 Å². The van der Waals surface area contributed by atoms with Gasteiger partial charge in [0, 0.05) is 18.0 Å². The van der Waals surface area contributed by atoms with E-state index in [4.69, 9.17) is 0 Å². The average Bonchev–Trinajstić information content (AvgIpc) is 2.27. The third kappa shape index (κ3) is 2.36. The molecule has 0 atom stereocenters. The number of hydrogen-bond acceptors (Lipinski definition) is 2. The van der Waals surface area contributed by atoms with Crippen molar-refractivity contribution in [2.45, 2.75) is 0 Å². The lowest BCUT2D eigenvalue weighted by molar-refractivity contribution is 0.509. The van der Waals surface area contributed by atoms with Gasteiger partial charge >= 0.3 is 0 Å². The van der Waals surface area contributed by atoms with Crippen LogP contribution >= 0.6 is 15.9 Å². The van der Waals surface area contributed by atoms with Crippen molar-refractivity contribution >= 4 is 27.4 Å². The molecule has 0 saturated heterocycles. The van der Waals surface area contributed by atoms with E-state index in [0.717, 1.165) is 16.6 Å². The Morgan fingerprint density at radius 3 is 2.62 bits per heavy atom. The summed E-state index contributed by atoms with van der Waals surface area (Å²) in [7, 11) is 0. The zero-order valence-electron chi connectivity index (χ0n) is 8.05. The van der Waals surface area contributed by atoms with E-state index in [1.165, 1.54) is 6.07 Å². The highest BCUT2D eigenvalue weighted by atomic mass is 79.9. The third-order valence-corrected chi connectivity index (χ3v) is 2.58. The molecule has 0 aliphatic carbocycles. The molecule has 0 fully saturated rings. The fraction of sp³-hybridized carbons (Fsp3) is 0. The van der Waals surface area contributed by atoms with Gasteiger partial charge in [-0.3, -0.25) is 0 Å². The van der Waals surface area contributed by atoms with Gasteiger partial charge in [0.15, 0.2) is 11.6 Å². The largest absolute Gasteiger partial charge is 0.339 e. The van der Waals surface area contributed by atoms with Gasteiger partial charge in [-0.15, -0.1) is 0 Å². The van der Waals surface area contributed by atoms with Gasteiger partial charge in [0.25, 0.3) is 0 Å². The lowest BCUT2D eigenvalue weighted by atomic mass is 10.3. The van der Waals surface area contributed by atoms with Crippen molar-refractivity contribution in [3.05, 3.63) is 52.6 Å². The minimum Gasteiger partial charge on any atom is -0.339 e. The molecule has 1 aromatic carbocycles. The first-order valence-corrected chi connectivity index (χ1v) is 5.29. The van der Waals surface area contributed by atoms with Crippen molar-refractivity contribution in [3.8, 4) is 0 Å². The normalized spacial score (nSPS) is 10.2. The minimum atomic E-state index is -0.892. The standard InChI is InChI=1S/C11H7BrF2N2/c12-8-2-1-5-15-11(8)16-7-3-4-9(13)10(14)6-7/h1-6H,(H,15,16). The number of nitrogens with zero attached hydrogens (tertiary/aromatic N) is 1. The van der Waals surface area contributed by atoms with Gasteiger partial charge in [-0.1, -0.05) is 0 Å². The Morgan fingerprint density at radius 2 is 1.94 bits per heavy atom. The zero-order valence-corrected chi connectivity index (χ0v) is 9.63. The summed E-state index contributed by atoms with van der Waals surface area (Å²) >= 11 is 3.29. The second kappa shape index (κ2) is 4.57. The van der Waals surface area contributed by atoms with Crippen LogP contribution < -0.4 is 5.32 Å². The van der Waals surface area contributed by atoms with Crippen LogP contribution in [0.15, 0.2) is 41.0 Å². The first-order chi connectivity index (χ1) is 7.66. The molecule has 16 heavy (non-hydrogen) atoms. The van der Waals surface area contributed by atoms with Crippen molar-refractivity contribution in [2.24, 2.45) is 0 Å². The van der Waals surface area contributed by atoms with E-state index >= 15 is 0 Å². The number of hydrogen-bond donors (Lipinski definition) is 1. The molecule has 0 aliphatic heterocycles. The SMILES string of the molecule is Fc1ccc(Nc2ncccc2Br)cc1F. The zero-order chi connectivity index (χ0) is 11.5. The minimum absolute atomic E-state index is 0.443. The molecule has 2 aromatic rings. The maximum atomic E-state index is 12.9. The number of halogens is 3. The van der Waals surface area contributed by atoms with Gasteiger partial charge in [0.2, 0.25) is 0 Å². The van der Waals surface area contributed by atoms with E-state index in [9.17, 15) is 8.78 Å². The topological polar surface area (TPSA) is 24.9 Å². The highest BCUT2D eigenvalue weighted by Gasteiger charge is 2.04. The molecule has 5 heteroatoms. The van der Waals surface area contributed by atoms with E-state index in [2.05, 4.69) is 26.2 Å². The van der Waals surface area contributed by atoms with Crippen LogP contribution in [0.25, 0.3) is 0 Å². The van der Waals surface area contributed by atoms with Crippen LogP contribution in [0.2, 0.25) is 0 Å². The van der Waals surface area contributed by atoms with Crippen LogP contribution in [0.5, 0.6) is 0 Å². The Hall–Kier alpha value is -1.49. The number of pyridine rings is 1. The molecule has 2 rings (SSSR count). The van der Waals surface area contributed by atoms with Gasteiger partial charge < -0.3 is 5.32 Å². The highest BCUT2D eigenvalue weighted by Crippen LogP contribution is 2.23. The van der Waals surface area contributed by atoms with Crippen LogP contribution in [0.3, 0.4) is 0 Å². The van der Waals surface area contributed by atoms with Crippen molar-refractivity contribution < 1.29 is 8.78 Å². The third-order valence-electron chi connectivity index (χ3n) is 1.94. The number of anilines is 2. The van der Waals surface area contributed by atoms with Gasteiger partial charge in [0.05, 0.1) is 4.47 Å². The highest BCUT2D eigenvalue weighted by molar-refractivity contribution is 9.10. The summed E-state index contributed by atoms with van der Waals surface area (Å²) in [6.45, 7) is 0. The van der Waals surface area contributed by atoms with Gasteiger partial charge in [-0.05, 0) is 40.2 Å². The molecule has 0 bridgehead atoms. The quantitative estimate of drug-likeness (QED) is 0.906. The van der Waals surface area contributed by atoms with E-state index in [1.807, 2.05) is 0 Å². The molecule has 1 N–H and O–H groups in total. The molecular formula is C11H7BrF2N2. The molecule has 0 spiro atoms. The molecule has 0 unspecified atom stereocenters. The maximum Gasteiger partial charge on any atom is 0.160 e. The van der Waals surface area contributed by atoms with Crippen LogP contribution in [0.1, 0.15) is 0 Å². The van der Waals surface area contributed by atoms with Gasteiger partial charge in [-0.25, -0.2) is 13.8 Å². The van der Waals surface area contributed by atoms with Crippen LogP contribution in [0.4, 0.5) is 20.3 Å². The summed E-state index contributed by atoms with van der Waals surface area (Å²) in [6.07, 6.45) is 1.60. The van der Waals surface area contributed by atoms with E-state index in [0.29, 0.717) is 11.5 Å². The summed E-state index contributed by atoms with van der Waals surface area (Å²) in [6, 6.07) is 7.15. The molecule has 1 heterocycles. The first-order valence-electron chi connectivity index (χ1n) is 4.49. The summed E-state index contributed by atoms with van der Waals surface area (Å²) < 4.78 is 26.4. The number of rotatable bonds is 2. The molecular weight excluding hydrogens is 278 g/mol. The monoisotopic (exact) mass is 284 g/mol. The van der Waals surface area contributed by atoms with Gasteiger partial charge in [-0.2, -0.15) is 0 Å². The molecule has 2 nitrogen and oxygen atoms in total. The van der Waals surface area contributed by atoms with Crippen LogP contribution in [0, 0.1) is 11.6 Å². The molecule has 0 radical (unpaired) electrons. The number of aromatic nitrogens is 1. The number of benzene rings is 1. The fourth-order valence-corrected chi connectivity index (χ4v) is 1.54. The first kappa shape index (κ1) is 11.0. The summed E-state index contributed by atoms with van der Waals surface area (Å²) in [4.78, 5) is 4.05. The molecule has 0 aliphatic rings. The Bertz CT molecular complexity index is 517. The predicted octanol–water partition coefficient (Wildman–Crippen LogP) is 3.87. The average molecular weight is 285 g/mol. The molecule has 0 saturated carbocycles. The smallest absolute Gasteiger partial charge is 0.160 e. The van der Waals surface area contributed by atoms with Crippen molar-refractivity contribution in [1.82, 2.24) is 4.98 Å². The Morgan fingerprint density at radius 1 is 1.12 bits per heavy atom. The maximum absolute atomic E-state index is 12.9. The summed E-state index contributed by atoms with van der Waals surface area (Å²) in [5, 5.41) is 2.88. The van der Waals surface area contributed by atoms with E-state index in [-0.39, 0.29) is 0 Å². The van der Waals surface area contributed by atoms with Gasteiger partial charge in [0.1, 0.15) is 5.82 Å². The van der Waals surface area contributed by atoms with E-state index in [1.54, 1.807) is 18.3 Å². The fourth-order valence-electron chi connectivity index (χ4n) is 1.19. The Kier molecular flexibility index (Phi) is 3.14.